The zero-order chi connectivity index (χ0) is 10.6. The van der Waals surface area contributed by atoms with Gasteiger partial charge in [0, 0.05) is 0 Å². The van der Waals surface area contributed by atoms with Crippen molar-refractivity contribution in [2.75, 3.05) is 0 Å². The standard InChI is InChI=1S/C13H16O/c1-4-9-13(3,10-14)12-7-5-11(2)6-8-12/h4-8,10H,1,9H2,2-3H3/t13-/m0/s1. The molecule has 1 aromatic rings. The van der Waals surface area contributed by atoms with Crippen LogP contribution in [0.3, 0.4) is 0 Å². The Morgan fingerprint density at radius 2 is 1.93 bits per heavy atom. The Bertz CT molecular complexity index is 324. The zero-order valence-corrected chi connectivity index (χ0v) is 8.79. The van der Waals surface area contributed by atoms with Crippen molar-refractivity contribution in [1.82, 2.24) is 0 Å². The average Bonchev–Trinajstić information content (AvgIpc) is 2.19. The molecule has 1 atom stereocenters. The zero-order valence-electron chi connectivity index (χ0n) is 8.79. The van der Waals surface area contributed by atoms with Crippen LogP contribution in [0.25, 0.3) is 0 Å². The summed E-state index contributed by atoms with van der Waals surface area (Å²) in [6.45, 7) is 7.65. The molecule has 14 heavy (non-hydrogen) atoms. The predicted octanol–water partition coefficient (Wildman–Crippen LogP) is 3.03. The number of aryl methyl sites for hydroxylation is 1. The molecule has 0 aliphatic carbocycles. The van der Waals surface area contributed by atoms with E-state index >= 15 is 0 Å². The van der Waals surface area contributed by atoms with E-state index in [0.717, 1.165) is 11.8 Å². The van der Waals surface area contributed by atoms with Gasteiger partial charge in [0.2, 0.25) is 0 Å². The number of allylic oxidation sites excluding steroid dienone is 1. The van der Waals surface area contributed by atoms with Crippen molar-refractivity contribution in [2.24, 2.45) is 0 Å². The van der Waals surface area contributed by atoms with Crippen molar-refractivity contribution in [3.63, 3.8) is 0 Å². The van der Waals surface area contributed by atoms with Gasteiger partial charge in [-0.15, -0.1) is 6.58 Å². The fourth-order valence-electron chi connectivity index (χ4n) is 1.47. The molecular weight excluding hydrogens is 172 g/mol. The number of hydrogen-bond acceptors (Lipinski definition) is 1. The van der Waals surface area contributed by atoms with Gasteiger partial charge in [-0.2, -0.15) is 0 Å². The van der Waals surface area contributed by atoms with Gasteiger partial charge in [-0.05, 0) is 25.8 Å². The summed E-state index contributed by atoms with van der Waals surface area (Å²) in [5.41, 5.74) is 1.84. The van der Waals surface area contributed by atoms with E-state index in [-0.39, 0.29) is 0 Å². The Balaban J connectivity index is 3.05. The summed E-state index contributed by atoms with van der Waals surface area (Å²) in [4.78, 5) is 11.1. The van der Waals surface area contributed by atoms with Gasteiger partial charge in [0.25, 0.3) is 0 Å². The van der Waals surface area contributed by atoms with Crippen molar-refractivity contribution < 1.29 is 4.79 Å². The lowest BCUT2D eigenvalue weighted by Crippen LogP contribution is -2.22. The SMILES string of the molecule is C=CC[C@@](C)(C=O)c1ccc(C)cc1. The number of aldehydes is 1. The Morgan fingerprint density at radius 3 is 2.36 bits per heavy atom. The second-order valence-corrected chi connectivity index (χ2v) is 3.89. The van der Waals surface area contributed by atoms with Gasteiger partial charge in [-0.1, -0.05) is 35.9 Å². The molecule has 1 aromatic carbocycles. The average molecular weight is 188 g/mol. The summed E-state index contributed by atoms with van der Waals surface area (Å²) >= 11 is 0. The summed E-state index contributed by atoms with van der Waals surface area (Å²) in [6, 6.07) is 8.07. The van der Waals surface area contributed by atoms with Gasteiger partial charge in [0.15, 0.2) is 0 Å². The van der Waals surface area contributed by atoms with E-state index in [9.17, 15) is 4.79 Å². The van der Waals surface area contributed by atoms with Crippen LogP contribution in [0.15, 0.2) is 36.9 Å². The van der Waals surface area contributed by atoms with Crippen LogP contribution in [0, 0.1) is 6.92 Å². The molecule has 0 aromatic heterocycles. The molecule has 0 fully saturated rings. The number of hydrogen-bond donors (Lipinski definition) is 0. The maximum Gasteiger partial charge on any atom is 0.130 e. The van der Waals surface area contributed by atoms with Crippen LogP contribution in [0.4, 0.5) is 0 Å². The highest BCUT2D eigenvalue weighted by molar-refractivity contribution is 5.68. The summed E-state index contributed by atoms with van der Waals surface area (Å²) in [7, 11) is 0. The Kier molecular flexibility index (Phi) is 3.23. The second kappa shape index (κ2) is 4.23. The number of carbonyl (C=O) groups excluding carboxylic acids is 1. The molecule has 1 rings (SSSR count). The van der Waals surface area contributed by atoms with Gasteiger partial charge in [0.1, 0.15) is 6.29 Å². The molecule has 74 valence electrons. The molecule has 0 saturated carbocycles. The third-order valence-corrected chi connectivity index (χ3v) is 2.54. The largest absolute Gasteiger partial charge is 0.302 e. The van der Waals surface area contributed by atoms with Crippen LogP contribution in [0.2, 0.25) is 0 Å². The topological polar surface area (TPSA) is 17.1 Å². The first kappa shape index (κ1) is 10.7. The van der Waals surface area contributed by atoms with Crippen molar-refractivity contribution >= 4 is 6.29 Å². The number of benzene rings is 1. The van der Waals surface area contributed by atoms with Crippen molar-refractivity contribution in [2.45, 2.75) is 25.7 Å². The highest BCUT2D eigenvalue weighted by Gasteiger charge is 2.23. The van der Waals surface area contributed by atoms with E-state index in [4.69, 9.17) is 0 Å². The van der Waals surface area contributed by atoms with Gasteiger partial charge < -0.3 is 4.79 Å². The number of carbonyl (C=O) groups is 1. The Morgan fingerprint density at radius 1 is 1.36 bits per heavy atom. The van der Waals surface area contributed by atoms with E-state index in [0.29, 0.717) is 6.42 Å². The molecule has 1 heteroatoms. The first-order valence-electron chi connectivity index (χ1n) is 4.77. The summed E-state index contributed by atoms with van der Waals surface area (Å²) in [5, 5.41) is 0. The highest BCUT2D eigenvalue weighted by atomic mass is 16.1. The monoisotopic (exact) mass is 188 g/mol. The molecule has 0 amide bonds. The van der Waals surface area contributed by atoms with E-state index in [1.807, 2.05) is 38.1 Å². The lowest BCUT2D eigenvalue weighted by atomic mass is 9.81. The summed E-state index contributed by atoms with van der Waals surface area (Å²) in [5.74, 6) is 0. The first-order valence-corrected chi connectivity index (χ1v) is 4.77. The fourth-order valence-corrected chi connectivity index (χ4v) is 1.47. The third-order valence-electron chi connectivity index (χ3n) is 2.54. The summed E-state index contributed by atoms with van der Waals surface area (Å²) in [6.07, 6.45) is 3.47. The molecule has 0 N–H and O–H groups in total. The van der Waals surface area contributed by atoms with Crippen LogP contribution >= 0.6 is 0 Å². The minimum absolute atomic E-state index is 0.421. The molecule has 0 aliphatic heterocycles. The van der Waals surface area contributed by atoms with Crippen molar-refractivity contribution in [1.29, 1.82) is 0 Å². The smallest absolute Gasteiger partial charge is 0.130 e. The first-order chi connectivity index (χ1) is 6.62. The molecule has 1 nitrogen and oxygen atoms in total. The van der Waals surface area contributed by atoms with E-state index < -0.39 is 5.41 Å². The minimum Gasteiger partial charge on any atom is -0.302 e. The van der Waals surface area contributed by atoms with Gasteiger partial charge in [0.05, 0.1) is 5.41 Å². The quantitative estimate of drug-likeness (QED) is 0.524. The molecule has 0 unspecified atom stereocenters. The predicted molar refractivity (Wildman–Crippen MR) is 59.4 cm³/mol. The third kappa shape index (κ3) is 2.11. The van der Waals surface area contributed by atoms with E-state index in [2.05, 4.69) is 6.58 Å². The molecular formula is C13H16O. The van der Waals surface area contributed by atoms with Crippen LogP contribution in [-0.4, -0.2) is 6.29 Å². The van der Waals surface area contributed by atoms with Crippen molar-refractivity contribution in [3.8, 4) is 0 Å². The van der Waals surface area contributed by atoms with Crippen LogP contribution in [0.5, 0.6) is 0 Å². The highest BCUT2D eigenvalue weighted by Crippen LogP contribution is 2.25. The maximum atomic E-state index is 11.1. The molecule has 0 heterocycles. The maximum absolute atomic E-state index is 11.1. The molecule has 0 spiro atoms. The van der Waals surface area contributed by atoms with Gasteiger partial charge >= 0.3 is 0 Å². The van der Waals surface area contributed by atoms with Crippen LogP contribution in [-0.2, 0) is 10.2 Å². The Hall–Kier alpha value is -1.37. The minimum atomic E-state index is -0.421. The van der Waals surface area contributed by atoms with Crippen LogP contribution in [0.1, 0.15) is 24.5 Å². The molecule has 0 saturated heterocycles. The fraction of sp³-hybridized carbons (Fsp3) is 0.308. The second-order valence-electron chi connectivity index (χ2n) is 3.89. The normalized spacial score (nSPS) is 14.4. The van der Waals surface area contributed by atoms with Crippen LogP contribution < -0.4 is 0 Å². The van der Waals surface area contributed by atoms with Gasteiger partial charge in [-0.25, -0.2) is 0 Å². The van der Waals surface area contributed by atoms with Gasteiger partial charge in [-0.3, -0.25) is 0 Å². The Labute approximate surface area is 85.5 Å². The molecule has 0 radical (unpaired) electrons. The summed E-state index contributed by atoms with van der Waals surface area (Å²) < 4.78 is 0. The van der Waals surface area contributed by atoms with E-state index in [1.54, 1.807) is 6.08 Å². The molecule has 0 bridgehead atoms. The molecule has 0 aliphatic rings. The lowest BCUT2D eigenvalue weighted by Gasteiger charge is -2.21. The van der Waals surface area contributed by atoms with Crippen molar-refractivity contribution in [3.05, 3.63) is 48.0 Å². The number of rotatable bonds is 4. The van der Waals surface area contributed by atoms with E-state index in [1.165, 1.54) is 5.56 Å². The lowest BCUT2D eigenvalue weighted by molar-refractivity contribution is -0.112.